The first-order valence-corrected chi connectivity index (χ1v) is 8.69. The van der Waals surface area contributed by atoms with Crippen molar-refractivity contribution in [3.8, 4) is 0 Å². The number of aromatic nitrogens is 1. The lowest BCUT2D eigenvalue weighted by atomic mass is 10.2. The van der Waals surface area contributed by atoms with Crippen molar-refractivity contribution in [3.05, 3.63) is 35.0 Å². The molecule has 0 aliphatic carbocycles. The van der Waals surface area contributed by atoms with Crippen molar-refractivity contribution in [1.82, 2.24) is 9.88 Å². The van der Waals surface area contributed by atoms with Crippen LogP contribution in [0.1, 0.15) is 24.8 Å². The first-order chi connectivity index (χ1) is 11.6. The fourth-order valence-corrected chi connectivity index (χ4v) is 3.71. The Hall–Kier alpha value is -2.41. The number of aliphatic hydroxyl groups is 1. The van der Waals surface area contributed by atoms with E-state index in [4.69, 9.17) is 10.1 Å². The fraction of sp³-hybridized carbons (Fsp3) is 0.353. The molecule has 1 aromatic heterocycles. The Morgan fingerprint density at radius 3 is 3.00 bits per heavy atom. The predicted molar refractivity (Wildman–Crippen MR) is 94.3 cm³/mol. The van der Waals surface area contributed by atoms with Gasteiger partial charge in [0.1, 0.15) is 16.6 Å². The molecule has 0 amide bonds. The van der Waals surface area contributed by atoms with E-state index < -0.39 is 0 Å². The van der Waals surface area contributed by atoms with E-state index in [0.717, 1.165) is 10.2 Å². The van der Waals surface area contributed by atoms with Crippen LogP contribution in [0.3, 0.4) is 0 Å². The molecular weight excluding hydrogens is 326 g/mol. The van der Waals surface area contributed by atoms with Gasteiger partial charge < -0.3 is 14.7 Å². The summed E-state index contributed by atoms with van der Waals surface area (Å²) in [6, 6.07) is 7.76. The number of hydrogen-bond donors (Lipinski definition) is 2. The summed E-state index contributed by atoms with van der Waals surface area (Å²) in [7, 11) is 0. The van der Waals surface area contributed by atoms with Gasteiger partial charge in [-0.3, -0.25) is 10.2 Å². The second-order valence-corrected chi connectivity index (χ2v) is 6.52. The van der Waals surface area contributed by atoms with Crippen LogP contribution in [0.5, 0.6) is 0 Å². The molecule has 2 N–H and O–H groups in total. The molecule has 0 saturated heterocycles. The van der Waals surface area contributed by atoms with Crippen molar-refractivity contribution in [2.24, 2.45) is 0 Å². The van der Waals surface area contributed by atoms with Gasteiger partial charge in [0.25, 0.3) is 0 Å². The van der Waals surface area contributed by atoms with E-state index in [9.17, 15) is 9.90 Å². The Bertz CT molecular complexity index is 779. The number of fused-ring (bicyclic) bond motifs is 1. The summed E-state index contributed by atoms with van der Waals surface area (Å²) in [4.78, 5) is 17.7. The number of esters is 1. The van der Waals surface area contributed by atoms with Crippen molar-refractivity contribution in [3.63, 3.8) is 0 Å². The van der Waals surface area contributed by atoms with Crippen LogP contribution in [0.4, 0.5) is 0 Å². The van der Waals surface area contributed by atoms with Crippen LogP contribution < -0.4 is 0 Å². The minimum absolute atomic E-state index is 0.162. The van der Waals surface area contributed by atoms with E-state index in [-0.39, 0.29) is 24.1 Å². The summed E-state index contributed by atoms with van der Waals surface area (Å²) in [5.74, 6) is 0.192. The zero-order valence-corrected chi connectivity index (χ0v) is 14.2. The molecule has 0 radical (unpaired) electrons. The number of para-hydroxylation sites is 1. The van der Waals surface area contributed by atoms with Crippen LogP contribution >= 0.6 is 11.3 Å². The quantitative estimate of drug-likeness (QED) is 0.785. The van der Waals surface area contributed by atoms with Crippen molar-refractivity contribution in [1.29, 1.82) is 5.41 Å². The van der Waals surface area contributed by atoms with E-state index in [1.807, 2.05) is 24.3 Å². The maximum absolute atomic E-state index is 11.4. The summed E-state index contributed by atoms with van der Waals surface area (Å²) in [6.07, 6.45) is 0.899. The predicted octanol–water partition coefficient (Wildman–Crippen LogP) is 3.20. The number of amidine groups is 1. The second-order valence-electron chi connectivity index (χ2n) is 5.49. The number of nitrogens with one attached hydrogen (secondary N) is 1. The highest BCUT2D eigenvalue weighted by Crippen LogP contribution is 2.33. The number of rotatable bonds is 6. The van der Waals surface area contributed by atoms with Crippen LogP contribution in [0.25, 0.3) is 15.8 Å². The average Bonchev–Trinajstić information content (AvgIpc) is 3.08. The maximum atomic E-state index is 11.4. The van der Waals surface area contributed by atoms with Crippen LogP contribution in [0.2, 0.25) is 0 Å². The molecule has 2 aromatic rings. The van der Waals surface area contributed by atoms with Gasteiger partial charge in [0.05, 0.1) is 28.9 Å². The summed E-state index contributed by atoms with van der Waals surface area (Å²) in [5.41, 5.74) is 1.36. The van der Waals surface area contributed by atoms with Gasteiger partial charge in [0.2, 0.25) is 0 Å². The van der Waals surface area contributed by atoms with Gasteiger partial charge in [0.15, 0.2) is 0 Å². The van der Waals surface area contributed by atoms with Gasteiger partial charge in [0, 0.05) is 13.0 Å². The molecule has 6 nitrogen and oxygen atoms in total. The maximum Gasteiger partial charge on any atom is 0.305 e. The van der Waals surface area contributed by atoms with Gasteiger partial charge in [-0.15, -0.1) is 11.3 Å². The number of aliphatic hydroxyl groups excluding tert-OH is 1. The number of carbonyl (C=O) groups is 1. The summed E-state index contributed by atoms with van der Waals surface area (Å²) in [6.45, 7) is 2.96. The van der Waals surface area contributed by atoms with Crippen molar-refractivity contribution in [2.45, 2.75) is 19.8 Å². The van der Waals surface area contributed by atoms with Crippen LogP contribution in [-0.2, 0) is 9.53 Å². The summed E-state index contributed by atoms with van der Waals surface area (Å²) >= 11 is 1.47. The van der Waals surface area contributed by atoms with Gasteiger partial charge >= 0.3 is 5.97 Å². The molecule has 1 aromatic carbocycles. The minimum Gasteiger partial charge on any atom is -0.510 e. The first-order valence-electron chi connectivity index (χ1n) is 7.87. The molecule has 2 heterocycles. The monoisotopic (exact) mass is 345 g/mol. The van der Waals surface area contributed by atoms with E-state index in [2.05, 4.69) is 4.98 Å². The topological polar surface area (TPSA) is 86.5 Å². The number of hydrogen-bond acceptors (Lipinski definition) is 6. The fourth-order valence-electron chi connectivity index (χ4n) is 2.68. The lowest BCUT2D eigenvalue weighted by Gasteiger charge is -2.17. The molecule has 24 heavy (non-hydrogen) atoms. The molecule has 0 unspecified atom stereocenters. The van der Waals surface area contributed by atoms with Gasteiger partial charge in [-0.05, 0) is 25.5 Å². The molecular formula is C17H19N3O3S. The lowest BCUT2D eigenvalue weighted by Crippen LogP contribution is -2.28. The van der Waals surface area contributed by atoms with Gasteiger partial charge in [-0.1, -0.05) is 12.1 Å². The Morgan fingerprint density at radius 1 is 1.46 bits per heavy atom. The molecule has 1 aliphatic heterocycles. The van der Waals surface area contributed by atoms with E-state index in [0.29, 0.717) is 36.6 Å². The molecule has 3 rings (SSSR count). The molecule has 1 aliphatic rings. The third-order valence-electron chi connectivity index (χ3n) is 3.80. The van der Waals surface area contributed by atoms with Gasteiger partial charge in [-0.2, -0.15) is 0 Å². The summed E-state index contributed by atoms with van der Waals surface area (Å²) in [5, 5.41) is 19.3. The van der Waals surface area contributed by atoms with E-state index >= 15 is 0 Å². The molecule has 0 saturated carbocycles. The first kappa shape index (κ1) is 16.4. The highest BCUT2D eigenvalue weighted by atomic mass is 32.1. The largest absolute Gasteiger partial charge is 0.510 e. The van der Waals surface area contributed by atoms with Crippen LogP contribution in [-0.4, -0.2) is 46.5 Å². The third-order valence-corrected chi connectivity index (χ3v) is 4.86. The SMILES string of the molecule is CCOC(=O)CCCN1CC(O)=C(c2nc3ccccc3s2)C1=N. The second kappa shape index (κ2) is 7.00. The Labute approximate surface area is 143 Å². The number of thiazole rings is 1. The van der Waals surface area contributed by atoms with E-state index in [1.165, 1.54) is 11.3 Å². The molecule has 0 atom stereocenters. The summed E-state index contributed by atoms with van der Waals surface area (Å²) < 4.78 is 5.93. The number of nitrogens with zero attached hydrogens (tertiary/aromatic N) is 2. The zero-order valence-electron chi connectivity index (χ0n) is 13.4. The van der Waals surface area contributed by atoms with Crippen molar-refractivity contribution >= 4 is 38.9 Å². The number of ether oxygens (including phenoxy) is 1. The highest BCUT2D eigenvalue weighted by Gasteiger charge is 2.30. The Morgan fingerprint density at radius 2 is 2.25 bits per heavy atom. The molecule has 0 fully saturated rings. The highest BCUT2D eigenvalue weighted by molar-refractivity contribution is 7.19. The minimum atomic E-state index is -0.230. The normalized spacial score (nSPS) is 14.7. The smallest absolute Gasteiger partial charge is 0.305 e. The molecule has 0 bridgehead atoms. The zero-order chi connectivity index (χ0) is 17.1. The Balaban J connectivity index is 1.68. The van der Waals surface area contributed by atoms with Crippen LogP contribution in [0.15, 0.2) is 30.0 Å². The van der Waals surface area contributed by atoms with Crippen LogP contribution in [0, 0.1) is 5.41 Å². The Kier molecular flexibility index (Phi) is 4.80. The van der Waals surface area contributed by atoms with Gasteiger partial charge in [-0.25, -0.2) is 4.98 Å². The molecule has 7 heteroatoms. The third kappa shape index (κ3) is 3.26. The van der Waals surface area contributed by atoms with Crippen molar-refractivity contribution < 1.29 is 14.6 Å². The standard InChI is InChI=1S/C17H19N3O3S/c1-2-23-14(22)8-5-9-20-10-12(21)15(16(20)18)17-19-11-6-3-4-7-13(11)24-17/h3-4,6-7,18,21H,2,5,8-10H2,1H3. The lowest BCUT2D eigenvalue weighted by molar-refractivity contribution is -0.143. The molecule has 0 spiro atoms. The number of carbonyl (C=O) groups excluding carboxylic acids is 1. The van der Waals surface area contributed by atoms with Crippen molar-refractivity contribution in [2.75, 3.05) is 19.7 Å². The van der Waals surface area contributed by atoms with E-state index in [1.54, 1.807) is 11.8 Å². The average molecular weight is 345 g/mol. The number of benzene rings is 1. The molecule has 126 valence electrons.